The third-order valence-electron chi connectivity index (χ3n) is 8.02. The quantitative estimate of drug-likeness (QED) is 0.0971. The number of aliphatic imine (C=N–C) groups is 1. The minimum Gasteiger partial charge on any atom is -0.453 e. The Balaban J connectivity index is 1.40. The molecule has 5 rings (SSSR count). The molecule has 0 radical (unpaired) electrons. The van der Waals surface area contributed by atoms with Gasteiger partial charge >= 0.3 is 6.09 Å². The molecule has 1 saturated heterocycles. The smallest absolute Gasteiger partial charge is 0.407 e. The van der Waals surface area contributed by atoms with Crippen LogP contribution in [-0.4, -0.2) is 65.5 Å². The first-order valence-corrected chi connectivity index (χ1v) is 16.1. The van der Waals surface area contributed by atoms with E-state index in [9.17, 15) is 9.59 Å². The van der Waals surface area contributed by atoms with Gasteiger partial charge in [0.2, 0.25) is 5.91 Å². The first-order valence-electron chi connectivity index (χ1n) is 16.1. The number of amidine groups is 1. The molecule has 5 N–H and O–H groups in total. The number of allylic oxidation sites excluding steroid dienone is 1. The van der Waals surface area contributed by atoms with Crippen molar-refractivity contribution < 1.29 is 14.3 Å². The Labute approximate surface area is 281 Å². The number of rotatable bonds is 11. The molecule has 10 heteroatoms. The normalized spacial score (nSPS) is 14.4. The molecule has 1 unspecified atom stereocenters. The first kappa shape index (κ1) is 33.7. The zero-order valence-electron chi connectivity index (χ0n) is 27.3. The number of hydrogen-bond donors (Lipinski definition) is 4. The Morgan fingerprint density at radius 1 is 1.08 bits per heavy atom. The molecule has 1 aliphatic heterocycles. The van der Waals surface area contributed by atoms with Crippen LogP contribution in [-0.2, 0) is 16.1 Å². The number of aromatic amines is 1. The van der Waals surface area contributed by atoms with Crippen molar-refractivity contribution >= 4 is 17.8 Å². The van der Waals surface area contributed by atoms with Gasteiger partial charge in [-0.15, -0.1) is 0 Å². The average molecular weight is 644 g/mol. The summed E-state index contributed by atoms with van der Waals surface area (Å²) in [7, 11) is 1.26. The van der Waals surface area contributed by atoms with E-state index in [4.69, 9.17) is 5.73 Å². The molecule has 0 aliphatic carbocycles. The Bertz CT molecular complexity index is 1810. The number of imidazole rings is 1. The summed E-state index contributed by atoms with van der Waals surface area (Å²) in [6, 6.07) is 24.9. The SMILES string of the molecule is CCCN(Cc1ncc(-c2ccc(C#C/C=C/N=C(N)C3CCCN3)c(-c3ccc(-c4ccccc4)cc3)c2)[nH]1)C(=O)CNC(=O)OC. The van der Waals surface area contributed by atoms with Crippen molar-refractivity contribution in [2.24, 2.45) is 10.7 Å². The Morgan fingerprint density at radius 3 is 2.56 bits per heavy atom. The number of H-pyrrole nitrogens is 1. The van der Waals surface area contributed by atoms with Crippen LogP contribution in [0.2, 0.25) is 0 Å². The summed E-state index contributed by atoms with van der Waals surface area (Å²) in [6.45, 7) is 3.61. The van der Waals surface area contributed by atoms with Gasteiger partial charge < -0.3 is 31.0 Å². The third kappa shape index (κ3) is 8.99. The number of alkyl carbamates (subject to hydrolysis) is 1. The lowest BCUT2D eigenvalue weighted by atomic mass is 9.95. The maximum Gasteiger partial charge on any atom is 0.407 e. The summed E-state index contributed by atoms with van der Waals surface area (Å²) in [5.41, 5.74) is 13.0. The summed E-state index contributed by atoms with van der Waals surface area (Å²) < 4.78 is 4.58. The van der Waals surface area contributed by atoms with Crippen LogP contribution in [0.15, 0.2) is 96.3 Å². The number of methoxy groups -OCH3 is 1. The molecule has 3 aromatic carbocycles. The molecule has 0 spiro atoms. The number of hydrogen-bond acceptors (Lipinski definition) is 6. The van der Waals surface area contributed by atoms with Gasteiger partial charge in [0.05, 0.1) is 31.6 Å². The van der Waals surface area contributed by atoms with Crippen LogP contribution in [0.3, 0.4) is 0 Å². The van der Waals surface area contributed by atoms with E-state index in [0.717, 1.165) is 64.9 Å². The van der Waals surface area contributed by atoms with Gasteiger partial charge in [-0.1, -0.05) is 79.4 Å². The van der Waals surface area contributed by atoms with Crippen LogP contribution in [0.4, 0.5) is 4.79 Å². The minimum absolute atomic E-state index is 0.127. The highest BCUT2D eigenvalue weighted by atomic mass is 16.5. The maximum atomic E-state index is 12.8. The van der Waals surface area contributed by atoms with Crippen LogP contribution < -0.4 is 16.4 Å². The molecule has 1 fully saturated rings. The van der Waals surface area contributed by atoms with Gasteiger partial charge in [-0.3, -0.25) is 4.79 Å². The molecule has 2 amide bonds. The third-order valence-corrected chi connectivity index (χ3v) is 8.02. The summed E-state index contributed by atoms with van der Waals surface area (Å²) in [5.74, 6) is 7.40. The van der Waals surface area contributed by atoms with Crippen molar-refractivity contribution in [3.8, 4) is 45.4 Å². The van der Waals surface area contributed by atoms with E-state index >= 15 is 0 Å². The number of benzene rings is 3. The largest absolute Gasteiger partial charge is 0.453 e. The number of nitrogens with one attached hydrogen (secondary N) is 3. The zero-order valence-corrected chi connectivity index (χ0v) is 27.3. The van der Waals surface area contributed by atoms with E-state index in [-0.39, 0.29) is 25.0 Å². The highest BCUT2D eigenvalue weighted by Gasteiger charge is 2.18. The first-order chi connectivity index (χ1) is 23.4. The van der Waals surface area contributed by atoms with E-state index in [2.05, 4.69) is 84.6 Å². The van der Waals surface area contributed by atoms with Crippen LogP contribution >= 0.6 is 0 Å². The van der Waals surface area contributed by atoms with Crippen LogP contribution in [0.1, 0.15) is 37.6 Å². The van der Waals surface area contributed by atoms with Gasteiger partial charge in [0, 0.05) is 29.9 Å². The maximum absolute atomic E-state index is 12.8. The molecule has 10 nitrogen and oxygen atoms in total. The van der Waals surface area contributed by atoms with Crippen LogP contribution in [0.25, 0.3) is 33.5 Å². The van der Waals surface area contributed by atoms with Gasteiger partial charge in [-0.05, 0) is 60.2 Å². The molecule has 246 valence electrons. The van der Waals surface area contributed by atoms with Crippen LogP contribution in [0, 0.1) is 11.8 Å². The minimum atomic E-state index is -0.648. The van der Waals surface area contributed by atoms with Gasteiger partial charge in [0.1, 0.15) is 18.2 Å². The second kappa shape index (κ2) is 16.8. The monoisotopic (exact) mass is 643 g/mol. The fourth-order valence-corrected chi connectivity index (χ4v) is 5.50. The zero-order chi connectivity index (χ0) is 33.7. The highest BCUT2D eigenvalue weighted by molar-refractivity contribution is 5.86. The van der Waals surface area contributed by atoms with E-state index in [1.807, 2.05) is 37.3 Å². The number of ether oxygens (including phenoxy) is 1. The fourth-order valence-electron chi connectivity index (χ4n) is 5.50. The fraction of sp³-hybridized carbons (Fsp3) is 0.263. The average Bonchev–Trinajstić information content (AvgIpc) is 3.84. The Hall–Kier alpha value is -5.66. The number of carbonyl (C=O) groups is 2. The Kier molecular flexibility index (Phi) is 11.8. The van der Waals surface area contributed by atoms with Crippen molar-refractivity contribution in [2.45, 2.75) is 38.8 Å². The lowest BCUT2D eigenvalue weighted by Gasteiger charge is -2.21. The van der Waals surface area contributed by atoms with Crippen molar-refractivity contribution in [3.63, 3.8) is 0 Å². The number of amides is 2. The number of carbonyl (C=O) groups excluding carboxylic acids is 2. The lowest BCUT2D eigenvalue weighted by molar-refractivity contribution is -0.130. The number of nitrogens with zero attached hydrogens (tertiary/aromatic N) is 3. The van der Waals surface area contributed by atoms with Crippen LogP contribution in [0.5, 0.6) is 0 Å². The van der Waals surface area contributed by atoms with Crippen molar-refractivity contribution in [2.75, 3.05) is 26.7 Å². The van der Waals surface area contributed by atoms with Crippen molar-refractivity contribution in [1.29, 1.82) is 0 Å². The van der Waals surface area contributed by atoms with Gasteiger partial charge in [-0.25, -0.2) is 14.8 Å². The number of aromatic nitrogens is 2. The molecule has 48 heavy (non-hydrogen) atoms. The van der Waals surface area contributed by atoms with Crippen molar-refractivity contribution in [3.05, 3.63) is 103 Å². The summed E-state index contributed by atoms with van der Waals surface area (Å²) in [6.07, 6.45) is 7.34. The van der Waals surface area contributed by atoms with Gasteiger partial charge in [0.25, 0.3) is 0 Å². The molecule has 4 aromatic rings. The predicted molar refractivity (Wildman–Crippen MR) is 190 cm³/mol. The molecule has 1 aliphatic rings. The Morgan fingerprint density at radius 2 is 1.83 bits per heavy atom. The van der Waals surface area contributed by atoms with E-state index in [0.29, 0.717) is 18.2 Å². The topological polar surface area (TPSA) is 138 Å². The summed E-state index contributed by atoms with van der Waals surface area (Å²) >= 11 is 0. The number of nitrogens with two attached hydrogens (primary N) is 1. The van der Waals surface area contributed by atoms with Crippen molar-refractivity contribution in [1.82, 2.24) is 25.5 Å². The standard InChI is InChI=1S/C38H41N7O3/c1-3-22-45(36(46)25-43-38(47)48-2)26-35-42-24-34(44-35)31-19-18-29(12-7-8-20-41-37(39)33-13-9-21-40-33)32(23-31)30-16-14-28(15-17-30)27-10-5-4-6-11-27/h4-6,8,10-11,14-20,23-24,33,40H,3,9,13,21-22,25-26H2,1-2H3,(H2,39,41)(H,42,44)(H,43,47)/b20-8+. The van der Waals surface area contributed by atoms with Gasteiger partial charge in [0.15, 0.2) is 0 Å². The second-order valence-electron chi connectivity index (χ2n) is 11.4. The highest BCUT2D eigenvalue weighted by Crippen LogP contribution is 2.31. The molecule has 1 aromatic heterocycles. The lowest BCUT2D eigenvalue weighted by Crippen LogP contribution is -2.40. The summed E-state index contributed by atoms with van der Waals surface area (Å²) in [4.78, 5) is 38.2. The second-order valence-corrected chi connectivity index (χ2v) is 11.4. The molecule has 2 heterocycles. The van der Waals surface area contributed by atoms with Gasteiger partial charge in [-0.2, -0.15) is 0 Å². The van der Waals surface area contributed by atoms with E-state index in [1.165, 1.54) is 7.11 Å². The molecule has 1 atom stereocenters. The molecule has 0 bridgehead atoms. The van der Waals surface area contributed by atoms with E-state index in [1.54, 1.807) is 23.4 Å². The molecular weight excluding hydrogens is 602 g/mol. The van der Waals surface area contributed by atoms with E-state index < -0.39 is 6.09 Å². The predicted octanol–water partition coefficient (Wildman–Crippen LogP) is 5.48. The molecule has 0 saturated carbocycles. The summed E-state index contributed by atoms with van der Waals surface area (Å²) in [5, 5.41) is 5.80. The molecular formula is C38H41N7O3.